The van der Waals surface area contributed by atoms with E-state index >= 15 is 0 Å². The first-order valence-corrected chi connectivity index (χ1v) is 6.68. The fourth-order valence-electron chi connectivity index (χ4n) is 1.50. The summed E-state index contributed by atoms with van der Waals surface area (Å²) in [6.45, 7) is 8.90. The number of nitrogens with zero attached hydrogens (tertiary/aromatic N) is 1. The quantitative estimate of drug-likeness (QED) is 0.196. The van der Waals surface area contributed by atoms with E-state index in [0.29, 0.717) is 13.2 Å². The third kappa shape index (κ3) is 8.31. The molecule has 0 spiro atoms. The Balaban J connectivity index is 3.40. The van der Waals surface area contributed by atoms with Crippen molar-refractivity contribution in [1.29, 1.82) is 0 Å². The van der Waals surface area contributed by atoms with Crippen molar-refractivity contribution in [1.82, 2.24) is 0 Å². The zero-order valence-corrected chi connectivity index (χ0v) is 11.9. The van der Waals surface area contributed by atoms with Crippen LogP contribution in [0.2, 0.25) is 0 Å². The van der Waals surface area contributed by atoms with Crippen molar-refractivity contribution in [2.24, 2.45) is 16.3 Å². The molecular formula is C13H28N2O3. The molecule has 18 heavy (non-hydrogen) atoms. The second kappa shape index (κ2) is 10.1. The monoisotopic (exact) mass is 260 g/mol. The first-order valence-electron chi connectivity index (χ1n) is 6.68. The maximum atomic E-state index is 8.64. The lowest BCUT2D eigenvalue weighted by Gasteiger charge is -2.22. The summed E-state index contributed by atoms with van der Waals surface area (Å²) in [5.74, 6) is 0.288. The summed E-state index contributed by atoms with van der Waals surface area (Å²) in [5, 5.41) is 11.7. The van der Waals surface area contributed by atoms with E-state index in [1.807, 2.05) is 13.8 Å². The van der Waals surface area contributed by atoms with Gasteiger partial charge in [-0.2, -0.15) is 0 Å². The topological polar surface area (TPSA) is 77.1 Å². The molecule has 0 aliphatic heterocycles. The van der Waals surface area contributed by atoms with Crippen molar-refractivity contribution in [2.45, 2.75) is 46.5 Å². The Bertz CT molecular complexity index is 230. The summed E-state index contributed by atoms with van der Waals surface area (Å²) in [7, 11) is 0. The van der Waals surface area contributed by atoms with Gasteiger partial charge >= 0.3 is 0 Å². The van der Waals surface area contributed by atoms with Crippen LogP contribution in [0, 0.1) is 5.41 Å². The fourth-order valence-corrected chi connectivity index (χ4v) is 1.50. The highest BCUT2D eigenvalue weighted by Gasteiger charge is 2.22. The molecule has 0 saturated heterocycles. The van der Waals surface area contributed by atoms with Crippen molar-refractivity contribution >= 4 is 5.84 Å². The fraction of sp³-hybridized carbons (Fsp3) is 0.923. The molecule has 0 saturated carbocycles. The van der Waals surface area contributed by atoms with Crippen LogP contribution in [0.15, 0.2) is 5.16 Å². The maximum absolute atomic E-state index is 8.64. The number of unbranched alkanes of at least 4 members (excludes halogenated alkanes) is 1. The smallest absolute Gasteiger partial charge is 0.144 e. The van der Waals surface area contributed by atoms with Gasteiger partial charge in [-0.1, -0.05) is 32.3 Å². The summed E-state index contributed by atoms with van der Waals surface area (Å²) in [6, 6.07) is 0. The molecule has 0 heterocycles. The molecular weight excluding hydrogens is 232 g/mol. The molecule has 3 N–H and O–H groups in total. The van der Waals surface area contributed by atoms with Crippen LogP contribution >= 0.6 is 0 Å². The van der Waals surface area contributed by atoms with Gasteiger partial charge in [0.25, 0.3) is 0 Å². The summed E-state index contributed by atoms with van der Waals surface area (Å²) in [5.41, 5.74) is 5.36. The number of hydrogen-bond acceptors (Lipinski definition) is 4. The second-order valence-electron chi connectivity index (χ2n) is 5.05. The normalized spacial score (nSPS) is 12.9. The molecule has 0 aromatic carbocycles. The van der Waals surface area contributed by atoms with Crippen LogP contribution in [0.4, 0.5) is 0 Å². The lowest BCUT2D eigenvalue weighted by molar-refractivity contribution is 0.0462. The third-order valence-corrected chi connectivity index (χ3v) is 2.86. The van der Waals surface area contributed by atoms with Crippen molar-refractivity contribution in [3.63, 3.8) is 0 Å². The minimum atomic E-state index is -0.251. The predicted molar refractivity (Wildman–Crippen MR) is 73.0 cm³/mol. The standard InChI is InChI=1S/C13H28N2O3/c1-4-8-17-10-11-18-9-6-5-7-13(2,3)12(14)15-16/h16H,4-11H2,1-3H3,(H2,14,15). The number of ether oxygens (including phenoxy) is 2. The number of hydrogen-bond donors (Lipinski definition) is 2. The summed E-state index contributed by atoms with van der Waals surface area (Å²) < 4.78 is 10.8. The van der Waals surface area contributed by atoms with Crippen molar-refractivity contribution in [3.05, 3.63) is 0 Å². The van der Waals surface area contributed by atoms with Crippen molar-refractivity contribution in [2.75, 3.05) is 26.4 Å². The lowest BCUT2D eigenvalue weighted by atomic mass is 9.86. The van der Waals surface area contributed by atoms with Gasteiger partial charge in [-0.05, 0) is 19.3 Å². The van der Waals surface area contributed by atoms with E-state index in [9.17, 15) is 0 Å². The van der Waals surface area contributed by atoms with E-state index in [1.165, 1.54) is 0 Å². The molecule has 0 amide bonds. The lowest BCUT2D eigenvalue weighted by Crippen LogP contribution is -2.31. The molecule has 0 unspecified atom stereocenters. The summed E-state index contributed by atoms with van der Waals surface area (Å²) in [6.07, 6.45) is 3.91. The molecule has 108 valence electrons. The molecule has 0 aromatic heterocycles. The molecule has 0 bridgehead atoms. The molecule has 5 nitrogen and oxygen atoms in total. The second-order valence-corrected chi connectivity index (χ2v) is 5.05. The Kier molecular flexibility index (Phi) is 9.69. The van der Waals surface area contributed by atoms with Gasteiger partial charge in [0, 0.05) is 18.6 Å². The van der Waals surface area contributed by atoms with Gasteiger partial charge in [-0.3, -0.25) is 0 Å². The van der Waals surface area contributed by atoms with Gasteiger partial charge < -0.3 is 20.4 Å². The van der Waals surface area contributed by atoms with E-state index in [4.69, 9.17) is 20.4 Å². The number of nitrogens with two attached hydrogens (primary N) is 1. The first-order chi connectivity index (χ1) is 8.54. The average Bonchev–Trinajstić information content (AvgIpc) is 2.35. The Morgan fingerprint density at radius 3 is 2.28 bits per heavy atom. The Morgan fingerprint density at radius 1 is 1.11 bits per heavy atom. The molecule has 0 rings (SSSR count). The maximum Gasteiger partial charge on any atom is 0.144 e. The highest BCUT2D eigenvalue weighted by atomic mass is 16.5. The van der Waals surface area contributed by atoms with Crippen molar-refractivity contribution in [3.8, 4) is 0 Å². The molecule has 0 aliphatic rings. The minimum Gasteiger partial charge on any atom is -0.409 e. The van der Waals surface area contributed by atoms with Gasteiger partial charge in [0.05, 0.1) is 13.2 Å². The van der Waals surface area contributed by atoms with E-state index in [1.54, 1.807) is 0 Å². The van der Waals surface area contributed by atoms with Gasteiger partial charge in [0.2, 0.25) is 0 Å². The first kappa shape index (κ1) is 17.2. The zero-order chi connectivity index (χ0) is 13.9. The minimum absolute atomic E-state index is 0.251. The van der Waals surface area contributed by atoms with Crippen molar-refractivity contribution < 1.29 is 14.7 Å². The molecule has 0 atom stereocenters. The molecule has 0 aliphatic carbocycles. The van der Waals surface area contributed by atoms with Gasteiger partial charge in [0.15, 0.2) is 0 Å². The molecule has 0 fully saturated rings. The van der Waals surface area contributed by atoms with Crippen LogP contribution < -0.4 is 5.73 Å². The highest BCUT2D eigenvalue weighted by Crippen LogP contribution is 2.23. The third-order valence-electron chi connectivity index (χ3n) is 2.86. The van der Waals surface area contributed by atoms with Crippen LogP contribution in [-0.2, 0) is 9.47 Å². The van der Waals surface area contributed by atoms with Crippen LogP contribution in [0.1, 0.15) is 46.5 Å². The van der Waals surface area contributed by atoms with Gasteiger partial charge in [-0.15, -0.1) is 0 Å². The van der Waals surface area contributed by atoms with Gasteiger partial charge in [-0.25, -0.2) is 0 Å². The average molecular weight is 260 g/mol. The van der Waals surface area contributed by atoms with Crippen LogP contribution in [-0.4, -0.2) is 37.5 Å². The SMILES string of the molecule is CCCOCCOCCCCC(C)(C)C(N)=NO. The summed E-state index contributed by atoms with van der Waals surface area (Å²) in [4.78, 5) is 0. The Morgan fingerprint density at radius 2 is 1.72 bits per heavy atom. The highest BCUT2D eigenvalue weighted by molar-refractivity contribution is 5.85. The predicted octanol–water partition coefficient (Wildman–Crippen LogP) is 2.37. The van der Waals surface area contributed by atoms with E-state index < -0.39 is 0 Å². The number of oxime groups is 1. The number of amidine groups is 1. The van der Waals surface area contributed by atoms with E-state index in [0.717, 1.165) is 38.9 Å². The Labute approximate surface area is 110 Å². The van der Waals surface area contributed by atoms with Crippen LogP contribution in [0.5, 0.6) is 0 Å². The molecule has 0 aromatic rings. The van der Waals surface area contributed by atoms with Crippen LogP contribution in [0.3, 0.4) is 0 Å². The van der Waals surface area contributed by atoms with Crippen LogP contribution in [0.25, 0.3) is 0 Å². The Hall–Kier alpha value is -0.810. The number of rotatable bonds is 11. The van der Waals surface area contributed by atoms with Gasteiger partial charge in [0.1, 0.15) is 5.84 Å². The zero-order valence-electron chi connectivity index (χ0n) is 11.9. The molecule has 0 radical (unpaired) electrons. The van der Waals surface area contributed by atoms with E-state index in [-0.39, 0.29) is 11.3 Å². The molecule has 5 heteroatoms. The summed E-state index contributed by atoms with van der Waals surface area (Å²) >= 11 is 0. The largest absolute Gasteiger partial charge is 0.409 e. The van der Waals surface area contributed by atoms with E-state index in [2.05, 4.69) is 12.1 Å².